The van der Waals surface area contributed by atoms with Gasteiger partial charge in [0.25, 0.3) is 5.91 Å². The first-order chi connectivity index (χ1) is 15.2. The van der Waals surface area contributed by atoms with Crippen molar-refractivity contribution in [1.29, 1.82) is 0 Å². The number of hydrogen-bond donors (Lipinski definition) is 2. The van der Waals surface area contributed by atoms with Gasteiger partial charge in [0.05, 0.1) is 16.9 Å². The van der Waals surface area contributed by atoms with Crippen molar-refractivity contribution in [2.45, 2.75) is 26.7 Å². The fourth-order valence-electron chi connectivity index (χ4n) is 3.72. The number of hydrogen-bond acceptors (Lipinski definition) is 4. The van der Waals surface area contributed by atoms with Crippen LogP contribution < -0.4 is 10.2 Å². The van der Waals surface area contributed by atoms with E-state index >= 15 is 0 Å². The molecule has 1 amide bonds. The number of halogens is 1. The van der Waals surface area contributed by atoms with Crippen LogP contribution in [0.15, 0.2) is 42.5 Å². The average molecular weight is 439 g/mol. The van der Waals surface area contributed by atoms with E-state index in [1.54, 1.807) is 12.1 Å². The Morgan fingerprint density at radius 2 is 1.84 bits per heavy atom. The van der Waals surface area contributed by atoms with Gasteiger partial charge < -0.3 is 15.3 Å². The van der Waals surface area contributed by atoms with Gasteiger partial charge in [0, 0.05) is 37.6 Å². The Kier molecular flexibility index (Phi) is 6.92. The summed E-state index contributed by atoms with van der Waals surface area (Å²) in [6.45, 7) is 4.70. The highest BCUT2D eigenvalue weighted by Gasteiger charge is 2.16. The van der Waals surface area contributed by atoms with Gasteiger partial charge in [-0.2, -0.15) is 5.10 Å². The molecule has 1 heterocycles. The minimum atomic E-state index is -1.08. The van der Waals surface area contributed by atoms with Crippen LogP contribution in [0.4, 0.5) is 15.8 Å². The maximum absolute atomic E-state index is 13.1. The molecule has 3 rings (SSSR count). The lowest BCUT2D eigenvalue weighted by molar-refractivity contribution is 0.0697. The number of aromatic carboxylic acids is 1. The van der Waals surface area contributed by atoms with Crippen LogP contribution in [-0.2, 0) is 13.5 Å². The number of carbonyl (C=O) groups is 2. The maximum atomic E-state index is 13.1. The quantitative estimate of drug-likeness (QED) is 0.551. The van der Waals surface area contributed by atoms with Crippen molar-refractivity contribution in [3.8, 4) is 0 Å². The van der Waals surface area contributed by atoms with Gasteiger partial charge in [0.1, 0.15) is 5.82 Å². The molecule has 0 bridgehead atoms. The molecule has 32 heavy (non-hydrogen) atoms. The van der Waals surface area contributed by atoms with Gasteiger partial charge in [0.2, 0.25) is 0 Å². The Morgan fingerprint density at radius 3 is 2.44 bits per heavy atom. The first kappa shape index (κ1) is 23.0. The first-order valence-electron chi connectivity index (χ1n) is 10.3. The zero-order chi connectivity index (χ0) is 23.4. The first-order valence-corrected chi connectivity index (χ1v) is 10.3. The molecular weight excluding hydrogens is 411 g/mol. The van der Waals surface area contributed by atoms with E-state index in [0.29, 0.717) is 17.9 Å². The van der Waals surface area contributed by atoms with Crippen molar-refractivity contribution in [1.82, 2.24) is 9.78 Å². The molecule has 1 aromatic heterocycles. The molecule has 168 valence electrons. The Balaban J connectivity index is 1.70. The lowest BCUT2D eigenvalue weighted by atomic mass is 10.1. The molecule has 0 aliphatic heterocycles. The van der Waals surface area contributed by atoms with Gasteiger partial charge in [-0.05, 0) is 74.7 Å². The zero-order valence-electron chi connectivity index (χ0n) is 18.6. The molecular formula is C24H27FN4O3. The van der Waals surface area contributed by atoms with Crippen molar-refractivity contribution in [3.63, 3.8) is 0 Å². The van der Waals surface area contributed by atoms with Crippen LogP contribution in [0.1, 0.15) is 44.1 Å². The highest BCUT2D eigenvalue weighted by atomic mass is 19.1. The minimum Gasteiger partial charge on any atom is -0.478 e. The standard InChI is InChI=1S/C24H27FN4O3/c1-15-20(16(2)29(4)27-15)6-5-13-28(3)22-12-11-19(14-21(22)24(31)32)26-23(30)17-7-9-18(25)10-8-17/h7-12,14H,5-6,13H2,1-4H3,(H,26,30)(H,31,32). The Morgan fingerprint density at radius 1 is 1.16 bits per heavy atom. The Bertz CT molecular complexity index is 1140. The van der Waals surface area contributed by atoms with E-state index in [2.05, 4.69) is 10.4 Å². The normalized spacial score (nSPS) is 10.8. The zero-order valence-corrected chi connectivity index (χ0v) is 18.6. The summed E-state index contributed by atoms with van der Waals surface area (Å²) in [5.74, 6) is -1.95. The number of aryl methyl sites for hydroxylation is 2. The van der Waals surface area contributed by atoms with Gasteiger partial charge >= 0.3 is 5.97 Å². The largest absolute Gasteiger partial charge is 0.478 e. The van der Waals surface area contributed by atoms with Crippen molar-refractivity contribution in [2.24, 2.45) is 7.05 Å². The third-order valence-electron chi connectivity index (χ3n) is 5.58. The van der Waals surface area contributed by atoms with E-state index in [9.17, 15) is 19.1 Å². The summed E-state index contributed by atoms with van der Waals surface area (Å²) in [6.07, 6.45) is 1.69. The fraction of sp³-hybridized carbons (Fsp3) is 0.292. The summed E-state index contributed by atoms with van der Waals surface area (Å²) >= 11 is 0. The van der Waals surface area contributed by atoms with E-state index in [-0.39, 0.29) is 11.1 Å². The molecule has 3 aromatic rings. The fourth-order valence-corrected chi connectivity index (χ4v) is 3.72. The molecule has 2 N–H and O–H groups in total. The number of aromatic nitrogens is 2. The van der Waals surface area contributed by atoms with Crippen LogP contribution in [0, 0.1) is 19.7 Å². The molecule has 0 unspecified atom stereocenters. The number of anilines is 2. The molecule has 0 saturated carbocycles. The summed E-state index contributed by atoms with van der Waals surface area (Å²) in [6, 6.07) is 9.92. The summed E-state index contributed by atoms with van der Waals surface area (Å²) in [5.41, 5.74) is 4.67. The van der Waals surface area contributed by atoms with E-state index in [0.717, 1.165) is 24.2 Å². The number of amides is 1. The molecule has 0 spiro atoms. The number of carboxylic acid groups (broad SMARTS) is 1. The van der Waals surface area contributed by atoms with E-state index in [1.807, 2.05) is 37.5 Å². The SMILES string of the molecule is Cc1nn(C)c(C)c1CCCN(C)c1ccc(NC(=O)c2ccc(F)cc2)cc1C(=O)O. The van der Waals surface area contributed by atoms with Crippen LogP contribution >= 0.6 is 0 Å². The van der Waals surface area contributed by atoms with E-state index in [1.165, 1.54) is 35.9 Å². The average Bonchev–Trinajstić information content (AvgIpc) is 2.99. The number of carbonyl (C=O) groups excluding carboxylic acids is 1. The highest BCUT2D eigenvalue weighted by Crippen LogP contribution is 2.25. The molecule has 0 aliphatic carbocycles. The minimum absolute atomic E-state index is 0.0955. The summed E-state index contributed by atoms with van der Waals surface area (Å²) in [7, 11) is 3.77. The number of nitrogens with zero attached hydrogens (tertiary/aromatic N) is 3. The number of nitrogens with one attached hydrogen (secondary N) is 1. The van der Waals surface area contributed by atoms with E-state index in [4.69, 9.17) is 0 Å². The second-order valence-electron chi connectivity index (χ2n) is 7.80. The molecule has 0 radical (unpaired) electrons. The molecule has 7 nitrogen and oxygen atoms in total. The number of carboxylic acids is 1. The molecule has 8 heteroatoms. The summed E-state index contributed by atoms with van der Waals surface area (Å²) in [5, 5.41) is 16.8. The number of benzene rings is 2. The molecule has 0 fully saturated rings. The third-order valence-corrected chi connectivity index (χ3v) is 5.58. The van der Waals surface area contributed by atoms with Crippen LogP contribution in [0.25, 0.3) is 0 Å². The van der Waals surface area contributed by atoms with Gasteiger partial charge in [0.15, 0.2) is 0 Å². The van der Waals surface area contributed by atoms with Crippen molar-refractivity contribution >= 4 is 23.3 Å². The lowest BCUT2D eigenvalue weighted by Gasteiger charge is -2.22. The van der Waals surface area contributed by atoms with Crippen LogP contribution in [0.3, 0.4) is 0 Å². The molecule has 0 atom stereocenters. The molecule has 0 saturated heterocycles. The van der Waals surface area contributed by atoms with Crippen LogP contribution in [-0.4, -0.2) is 40.4 Å². The van der Waals surface area contributed by atoms with Gasteiger partial charge in [-0.1, -0.05) is 0 Å². The second-order valence-corrected chi connectivity index (χ2v) is 7.80. The van der Waals surface area contributed by atoms with Crippen LogP contribution in [0.5, 0.6) is 0 Å². The maximum Gasteiger partial charge on any atom is 0.337 e. The summed E-state index contributed by atoms with van der Waals surface area (Å²) < 4.78 is 14.9. The molecule has 2 aromatic carbocycles. The summed E-state index contributed by atoms with van der Waals surface area (Å²) in [4.78, 5) is 26.1. The Hall–Kier alpha value is -3.68. The van der Waals surface area contributed by atoms with Gasteiger partial charge in [-0.3, -0.25) is 9.48 Å². The van der Waals surface area contributed by atoms with Gasteiger partial charge in [-0.15, -0.1) is 0 Å². The monoisotopic (exact) mass is 438 g/mol. The molecule has 0 aliphatic rings. The smallest absolute Gasteiger partial charge is 0.337 e. The van der Waals surface area contributed by atoms with E-state index < -0.39 is 17.7 Å². The topological polar surface area (TPSA) is 87.5 Å². The highest BCUT2D eigenvalue weighted by molar-refractivity contribution is 6.05. The van der Waals surface area contributed by atoms with Crippen molar-refractivity contribution in [2.75, 3.05) is 23.8 Å². The van der Waals surface area contributed by atoms with Crippen molar-refractivity contribution in [3.05, 3.63) is 76.4 Å². The predicted octanol–water partition coefficient (Wildman–Crippen LogP) is 4.20. The lowest BCUT2D eigenvalue weighted by Crippen LogP contribution is -2.22. The van der Waals surface area contributed by atoms with Gasteiger partial charge in [-0.25, -0.2) is 9.18 Å². The number of rotatable bonds is 8. The predicted molar refractivity (Wildman–Crippen MR) is 122 cm³/mol. The third kappa shape index (κ3) is 5.14. The van der Waals surface area contributed by atoms with Crippen molar-refractivity contribution < 1.29 is 19.1 Å². The second kappa shape index (κ2) is 9.64. The van der Waals surface area contributed by atoms with Crippen LogP contribution in [0.2, 0.25) is 0 Å². The Labute approximate surface area is 186 Å².